The zero-order chi connectivity index (χ0) is 21.6. The molecule has 3 rings (SSSR count). The highest BCUT2D eigenvalue weighted by molar-refractivity contribution is 8.17. The van der Waals surface area contributed by atoms with E-state index in [2.05, 4.69) is 44.7 Å². The number of aliphatic carboxylic acids is 1. The van der Waals surface area contributed by atoms with Crippen LogP contribution in [0.4, 0.5) is 0 Å². The van der Waals surface area contributed by atoms with Crippen molar-refractivity contribution >= 4 is 52.6 Å². The molecule has 0 unspecified atom stereocenters. The maximum absolute atomic E-state index is 10.9. The van der Waals surface area contributed by atoms with Crippen LogP contribution in [-0.2, 0) is 15.3 Å². The summed E-state index contributed by atoms with van der Waals surface area (Å²) in [4.78, 5) is 13.8. The summed E-state index contributed by atoms with van der Waals surface area (Å²) < 4.78 is 6.09. The Hall–Kier alpha value is -1.20. The van der Waals surface area contributed by atoms with Gasteiger partial charge < -0.3 is 9.84 Å². The number of rotatable bonds is 8. The minimum Gasteiger partial charge on any atom is -0.493 e. The van der Waals surface area contributed by atoms with E-state index in [0.717, 1.165) is 56.2 Å². The van der Waals surface area contributed by atoms with Gasteiger partial charge >= 0.3 is 5.97 Å². The van der Waals surface area contributed by atoms with Gasteiger partial charge in [-0.2, -0.15) is 0 Å². The fourth-order valence-electron chi connectivity index (χ4n) is 3.41. The molecule has 0 fully saturated rings. The van der Waals surface area contributed by atoms with E-state index in [1.807, 2.05) is 35.7 Å². The lowest BCUT2D eigenvalue weighted by atomic mass is 10.0. The Morgan fingerprint density at radius 3 is 2.60 bits per heavy atom. The molecule has 30 heavy (non-hydrogen) atoms. The molecular formula is C23H26O3S4. The highest BCUT2D eigenvalue weighted by Crippen LogP contribution is 2.55. The van der Waals surface area contributed by atoms with Gasteiger partial charge in [-0.25, -0.2) is 0 Å². The summed E-state index contributed by atoms with van der Waals surface area (Å²) in [5.74, 6) is 9.88. The Morgan fingerprint density at radius 2 is 1.93 bits per heavy atom. The van der Waals surface area contributed by atoms with Gasteiger partial charge in [-0.1, -0.05) is 32.6 Å². The molecule has 0 amide bonds. The highest BCUT2D eigenvalue weighted by atomic mass is 32.2. The smallest absolute Gasteiger partial charge is 0.308 e. The second-order valence-electron chi connectivity index (χ2n) is 6.58. The molecule has 1 aromatic heterocycles. The van der Waals surface area contributed by atoms with Crippen molar-refractivity contribution in [1.29, 1.82) is 0 Å². The van der Waals surface area contributed by atoms with E-state index in [-0.39, 0.29) is 10.5 Å². The van der Waals surface area contributed by atoms with Gasteiger partial charge in [-0.15, -0.1) is 46.6 Å². The summed E-state index contributed by atoms with van der Waals surface area (Å²) in [5.41, 5.74) is 2.27. The van der Waals surface area contributed by atoms with E-state index in [4.69, 9.17) is 9.84 Å². The summed E-state index contributed by atoms with van der Waals surface area (Å²) in [6, 6.07) is 8.16. The molecule has 0 radical (unpaired) electrons. The molecule has 2 heterocycles. The third kappa shape index (κ3) is 5.53. The number of carboxylic acid groups (broad SMARTS) is 1. The summed E-state index contributed by atoms with van der Waals surface area (Å²) in [6.07, 6.45) is 1.04. The molecule has 0 saturated heterocycles. The molecule has 1 aliphatic rings. The number of hydrogen-bond donors (Lipinski definition) is 1. The van der Waals surface area contributed by atoms with E-state index < -0.39 is 5.97 Å². The Balaban J connectivity index is 2.02. The number of thioether (sulfide) groups is 3. The van der Waals surface area contributed by atoms with Gasteiger partial charge in [0.15, 0.2) is 0 Å². The first-order valence-corrected chi connectivity index (χ1v) is 13.8. The van der Waals surface area contributed by atoms with E-state index in [1.165, 1.54) is 16.9 Å². The van der Waals surface area contributed by atoms with E-state index in [1.54, 1.807) is 11.8 Å². The van der Waals surface area contributed by atoms with Crippen molar-refractivity contribution in [3.63, 3.8) is 0 Å². The molecule has 0 atom stereocenters. The lowest BCUT2D eigenvalue weighted by Crippen LogP contribution is -2.27. The fraction of sp³-hybridized carbons (Fsp3) is 0.435. The second-order valence-corrected chi connectivity index (χ2v) is 12.4. The molecule has 0 saturated carbocycles. The van der Waals surface area contributed by atoms with E-state index in [0.29, 0.717) is 0 Å². The highest BCUT2D eigenvalue weighted by Gasteiger charge is 2.38. The number of benzene rings is 1. The van der Waals surface area contributed by atoms with Crippen LogP contribution >= 0.6 is 46.6 Å². The largest absolute Gasteiger partial charge is 0.493 e. The molecule has 1 N–H and O–H groups in total. The third-order valence-electron chi connectivity index (χ3n) is 4.54. The predicted molar refractivity (Wildman–Crippen MR) is 133 cm³/mol. The van der Waals surface area contributed by atoms with Gasteiger partial charge in [0.25, 0.3) is 0 Å². The van der Waals surface area contributed by atoms with Crippen molar-refractivity contribution in [3.05, 3.63) is 45.1 Å². The first kappa shape index (κ1) is 23.5. The normalized spacial score (nSPS) is 14.4. The van der Waals surface area contributed by atoms with Crippen molar-refractivity contribution < 1.29 is 14.6 Å². The Labute approximate surface area is 195 Å². The summed E-state index contributed by atoms with van der Waals surface area (Å²) >= 11 is 7.22. The molecule has 0 bridgehead atoms. The maximum atomic E-state index is 10.9. The molecule has 1 aliphatic heterocycles. The SMILES string of the molecule is CCSc1cc2c(cc1C#Cc1ccc(CC(=O)O)s1)C(SCC)(SCC)CCO2. The van der Waals surface area contributed by atoms with Crippen LogP contribution in [0.2, 0.25) is 0 Å². The van der Waals surface area contributed by atoms with Crippen molar-refractivity contribution in [3.8, 4) is 17.6 Å². The minimum atomic E-state index is -0.814. The second kappa shape index (κ2) is 10.9. The zero-order valence-electron chi connectivity index (χ0n) is 17.4. The average Bonchev–Trinajstić information content (AvgIpc) is 3.14. The summed E-state index contributed by atoms with van der Waals surface area (Å²) in [6.45, 7) is 7.32. The zero-order valence-corrected chi connectivity index (χ0v) is 20.7. The van der Waals surface area contributed by atoms with Gasteiger partial charge in [0.05, 0.1) is 22.0 Å². The standard InChI is InChI=1S/C23H26O3S4/c1-4-27-21-15-20-19(23(28-5-2,29-6-3)11-12-26-20)13-16(21)7-8-17-9-10-18(30-17)14-22(24)25/h9-10,13,15H,4-6,11-12,14H2,1-3H3,(H,24,25). The number of carboxylic acids is 1. The number of ether oxygens (including phenoxy) is 1. The lowest BCUT2D eigenvalue weighted by molar-refractivity contribution is -0.136. The van der Waals surface area contributed by atoms with E-state index in [9.17, 15) is 4.79 Å². The van der Waals surface area contributed by atoms with Crippen molar-refractivity contribution in [2.75, 3.05) is 23.9 Å². The van der Waals surface area contributed by atoms with Crippen LogP contribution in [0.1, 0.15) is 48.1 Å². The lowest BCUT2D eigenvalue weighted by Gasteiger charge is -2.38. The van der Waals surface area contributed by atoms with Crippen LogP contribution in [0.25, 0.3) is 0 Å². The molecule has 3 nitrogen and oxygen atoms in total. The van der Waals surface area contributed by atoms with Crippen molar-refractivity contribution in [1.82, 2.24) is 0 Å². The minimum absolute atomic E-state index is 0.0144. The quantitative estimate of drug-likeness (QED) is 0.272. The van der Waals surface area contributed by atoms with Gasteiger partial charge in [0.2, 0.25) is 0 Å². The first-order valence-electron chi connectivity index (χ1n) is 10.1. The number of fused-ring (bicyclic) bond motifs is 1. The van der Waals surface area contributed by atoms with Crippen LogP contribution < -0.4 is 4.74 Å². The topological polar surface area (TPSA) is 46.5 Å². The average molecular weight is 479 g/mol. The van der Waals surface area contributed by atoms with Crippen LogP contribution in [-0.4, -0.2) is 34.9 Å². The monoisotopic (exact) mass is 478 g/mol. The first-order chi connectivity index (χ1) is 14.5. The summed E-state index contributed by atoms with van der Waals surface area (Å²) in [7, 11) is 0. The number of thiophene rings is 1. The third-order valence-corrected chi connectivity index (χ3v) is 9.55. The molecule has 0 spiro atoms. The summed E-state index contributed by atoms with van der Waals surface area (Å²) in [5, 5.41) is 8.98. The van der Waals surface area contributed by atoms with Crippen molar-refractivity contribution in [2.45, 2.75) is 42.6 Å². The van der Waals surface area contributed by atoms with Crippen LogP contribution in [0.15, 0.2) is 29.2 Å². The maximum Gasteiger partial charge on any atom is 0.308 e. The molecule has 160 valence electrons. The van der Waals surface area contributed by atoms with E-state index >= 15 is 0 Å². The molecule has 1 aromatic carbocycles. The Morgan fingerprint density at radius 1 is 1.17 bits per heavy atom. The van der Waals surface area contributed by atoms with Crippen LogP contribution in [0, 0.1) is 11.8 Å². The number of hydrogen-bond acceptors (Lipinski definition) is 6. The van der Waals surface area contributed by atoms with Gasteiger partial charge in [-0.05, 0) is 41.5 Å². The van der Waals surface area contributed by atoms with Gasteiger partial charge in [0, 0.05) is 27.3 Å². The van der Waals surface area contributed by atoms with Crippen LogP contribution in [0.3, 0.4) is 0 Å². The molecule has 2 aromatic rings. The molecule has 7 heteroatoms. The molecular weight excluding hydrogens is 453 g/mol. The van der Waals surface area contributed by atoms with Gasteiger partial charge in [0.1, 0.15) is 5.75 Å². The van der Waals surface area contributed by atoms with Crippen LogP contribution in [0.5, 0.6) is 5.75 Å². The fourth-order valence-corrected chi connectivity index (χ4v) is 8.08. The van der Waals surface area contributed by atoms with Crippen molar-refractivity contribution in [2.24, 2.45) is 0 Å². The molecule has 0 aliphatic carbocycles. The predicted octanol–water partition coefficient (Wildman–Crippen LogP) is 6.33. The number of carbonyl (C=O) groups is 1. The Bertz CT molecular complexity index is 949. The van der Waals surface area contributed by atoms with Gasteiger partial charge in [-0.3, -0.25) is 4.79 Å². The Kier molecular flexibility index (Phi) is 8.52.